The number of hydrogen-bond donors (Lipinski definition) is 2. The predicted octanol–water partition coefficient (Wildman–Crippen LogP) is 2.30. The molecular weight excluding hydrogens is 372 g/mol. The topological polar surface area (TPSA) is 105 Å². The molecule has 0 atom stereocenters. The number of carboxylic acid groups (broad SMARTS) is 1. The molecule has 3 aromatic rings. The molecule has 0 aliphatic rings. The number of carboxylic acids is 1. The average Bonchev–Trinajstić information content (AvgIpc) is 3.32. The minimum absolute atomic E-state index is 0.0517. The van der Waals surface area contributed by atoms with Crippen molar-refractivity contribution >= 4 is 28.9 Å². The van der Waals surface area contributed by atoms with E-state index in [2.05, 4.69) is 34.1 Å². The van der Waals surface area contributed by atoms with E-state index in [-0.39, 0.29) is 24.6 Å². The van der Waals surface area contributed by atoms with Crippen molar-refractivity contribution in [2.45, 2.75) is 33.4 Å². The summed E-state index contributed by atoms with van der Waals surface area (Å²) in [5.41, 5.74) is 1.99. The first-order chi connectivity index (χ1) is 14.0. The Morgan fingerprint density at radius 2 is 1.90 bits per heavy atom. The van der Waals surface area contributed by atoms with Crippen LogP contribution in [0.3, 0.4) is 0 Å². The van der Waals surface area contributed by atoms with Crippen molar-refractivity contribution in [3.05, 3.63) is 42.2 Å². The summed E-state index contributed by atoms with van der Waals surface area (Å²) in [4.78, 5) is 30.3. The lowest BCUT2D eigenvalue weighted by atomic mass is 10.3. The fraction of sp³-hybridized carbons (Fsp3) is 0.400. The SMILES string of the molecule is CCN(CC)CCn1c(NC(=O)c2ccn(CCC(=O)O)n2)nc2ccccc21. The van der Waals surface area contributed by atoms with Gasteiger partial charge in [0.2, 0.25) is 5.95 Å². The number of amides is 1. The van der Waals surface area contributed by atoms with E-state index in [9.17, 15) is 9.59 Å². The molecule has 0 unspecified atom stereocenters. The fourth-order valence-electron chi connectivity index (χ4n) is 3.16. The third-order valence-electron chi connectivity index (χ3n) is 4.84. The summed E-state index contributed by atoms with van der Waals surface area (Å²) in [6, 6.07) is 9.34. The molecule has 1 aromatic carbocycles. The summed E-state index contributed by atoms with van der Waals surface area (Å²) in [5, 5.41) is 15.8. The first-order valence-electron chi connectivity index (χ1n) is 9.76. The van der Waals surface area contributed by atoms with Gasteiger partial charge in [-0.2, -0.15) is 5.10 Å². The van der Waals surface area contributed by atoms with E-state index in [0.717, 1.165) is 30.7 Å². The zero-order valence-corrected chi connectivity index (χ0v) is 16.7. The Balaban J connectivity index is 1.79. The second kappa shape index (κ2) is 9.33. The molecule has 3 rings (SSSR count). The predicted molar refractivity (Wildman–Crippen MR) is 110 cm³/mol. The highest BCUT2D eigenvalue weighted by Crippen LogP contribution is 2.20. The van der Waals surface area contributed by atoms with E-state index in [1.54, 1.807) is 12.3 Å². The number of carbonyl (C=O) groups excluding carboxylic acids is 1. The van der Waals surface area contributed by atoms with Gasteiger partial charge in [-0.25, -0.2) is 4.98 Å². The number of fused-ring (bicyclic) bond motifs is 1. The van der Waals surface area contributed by atoms with Crippen LogP contribution in [0.15, 0.2) is 36.5 Å². The van der Waals surface area contributed by atoms with Gasteiger partial charge in [0.05, 0.1) is 24.0 Å². The Kier molecular flexibility index (Phi) is 6.61. The summed E-state index contributed by atoms with van der Waals surface area (Å²) in [5.74, 6) is -0.810. The molecule has 0 bridgehead atoms. The number of aryl methyl sites for hydroxylation is 1. The Morgan fingerprint density at radius 3 is 2.62 bits per heavy atom. The van der Waals surface area contributed by atoms with Gasteiger partial charge in [-0.1, -0.05) is 26.0 Å². The Labute approximate surface area is 168 Å². The second-order valence-corrected chi connectivity index (χ2v) is 6.66. The first kappa shape index (κ1) is 20.5. The highest BCUT2D eigenvalue weighted by molar-refractivity contribution is 6.02. The maximum absolute atomic E-state index is 12.7. The minimum Gasteiger partial charge on any atom is -0.481 e. The third-order valence-corrected chi connectivity index (χ3v) is 4.84. The summed E-state index contributed by atoms with van der Waals surface area (Å²) in [7, 11) is 0. The number of anilines is 1. The zero-order valence-electron chi connectivity index (χ0n) is 16.7. The Hall–Kier alpha value is -3.20. The molecule has 0 saturated heterocycles. The van der Waals surface area contributed by atoms with E-state index in [4.69, 9.17) is 5.11 Å². The highest BCUT2D eigenvalue weighted by atomic mass is 16.4. The maximum atomic E-state index is 12.7. The minimum atomic E-state index is -0.909. The van der Waals surface area contributed by atoms with E-state index >= 15 is 0 Å². The summed E-state index contributed by atoms with van der Waals surface area (Å²) in [6.45, 7) is 7.92. The third kappa shape index (κ3) is 5.00. The van der Waals surface area contributed by atoms with Gasteiger partial charge in [-0.3, -0.25) is 19.6 Å². The number of rotatable bonds is 10. The van der Waals surface area contributed by atoms with Gasteiger partial charge in [0.1, 0.15) is 0 Å². The monoisotopic (exact) mass is 398 g/mol. The van der Waals surface area contributed by atoms with Crippen LogP contribution in [0.4, 0.5) is 5.95 Å². The standard InChI is InChI=1S/C20H26N6O3/c1-3-24(4-2)13-14-26-17-8-6-5-7-15(17)21-20(26)22-19(29)16-9-11-25(23-16)12-10-18(27)28/h5-9,11H,3-4,10,12-14H2,1-2H3,(H,27,28)(H,21,22,29). The molecule has 2 N–H and O–H groups in total. The van der Waals surface area contributed by atoms with Crippen molar-refractivity contribution < 1.29 is 14.7 Å². The lowest BCUT2D eigenvalue weighted by Gasteiger charge is -2.19. The number of nitrogens with one attached hydrogen (secondary N) is 1. The summed E-state index contributed by atoms with van der Waals surface area (Å²) < 4.78 is 3.46. The van der Waals surface area contributed by atoms with E-state index < -0.39 is 5.97 Å². The molecule has 0 spiro atoms. The van der Waals surface area contributed by atoms with Crippen molar-refractivity contribution in [2.75, 3.05) is 25.0 Å². The number of aromatic nitrogens is 4. The van der Waals surface area contributed by atoms with Crippen LogP contribution in [-0.2, 0) is 17.9 Å². The van der Waals surface area contributed by atoms with Crippen molar-refractivity contribution in [3.63, 3.8) is 0 Å². The van der Waals surface area contributed by atoms with E-state index in [1.165, 1.54) is 4.68 Å². The van der Waals surface area contributed by atoms with Gasteiger partial charge in [-0.05, 0) is 31.3 Å². The molecule has 0 saturated carbocycles. The molecule has 9 heteroatoms. The van der Waals surface area contributed by atoms with Crippen LogP contribution in [0.5, 0.6) is 0 Å². The number of aliphatic carboxylic acids is 1. The first-order valence-corrected chi connectivity index (χ1v) is 9.76. The van der Waals surface area contributed by atoms with Crippen LogP contribution >= 0.6 is 0 Å². The smallest absolute Gasteiger partial charge is 0.305 e. The molecule has 0 aliphatic heterocycles. The molecule has 0 aliphatic carbocycles. The van der Waals surface area contributed by atoms with Crippen LogP contribution in [-0.4, -0.2) is 60.8 Å². The molecule has 29 heavy (non-hydrogen) atoms. The molecule has 1 amide bonds. The molecule has 2 aromatic heterocycles. The maximum Gasteiger partial charge on any atom is 0.305 e. The van der Waals surface area contributed by atoms with Crippen molar-refractivity contribution in [1.82, 2.24) is 24.2 Å². The number of likely N-dealkylation sites (N-methyl/N-ethyl adjacent to an activating group) is 1. The van der Waals surface area contributed by atoms with Gasteiger partial charge >= 0.3 is 5.97 Å². The van der Waals surface area contributed by atoms with Crippen LogP contribution < -0.4 is 5.32 Å². The zero-order chi connectivity index (χ0) is 20.8. The number of nitrogens with zero attached hydrogens (tertiary/aromatic N) is 5. The average molecular weight is 398 g/mol. The normalized spacial score (nSPS) is 11.3. The van der Waals surface area contributed by atoms with Gasteiger partial charge in [0.25, 0.3) is 5.91 Å². The molecular formula is C20H26N6O3. The van der Waals surface area contributed by atoms with Gasteiger partial charge < -0.3 is 14.6 Å². The van der Waals surface area contributed by atoms with Crippen molar-refractivity contribution in [3.8, 4) is 0 Å². The van der Waals surface area contributed by atoms with Gasteiger partial charge in [0, 0.05) is 19.3 Å². The van der Waals surface area contributed by atoms with E-state index in [0.29, 0.717) is 12.5 Å². The second-order valence-electron chi connectivity index (χ2n) is 6.66. The fourth-order valence-corrected chi connectivity index (χ4v) is 3.16. The quantitative estimate of drug-likeness (QED) is 0.543. The van der Waals surface area contributed by atoms with Crippen LogP contribution in [0.1, 0.15) is 30.8 Å². The number of hydrogen-bond acceptors (Lipinski definition) is 5. The number of para-hydroxylation sites is 2. The number of benzene rings is 1. The van der Waals surface area contributed by atoms with Crippen LogP contribution in [0.2, 0.25) is 0 Å². The summed E-state index contributed by atoms with van der Waals surface area (Å²) >= 11 is 0. The van der Waals surface area contributed by atoms with Gasteiger partial charge in [-0.15, -0.1) is 0 Å². The van der Waals surface area contributed by atoms with Crippen molar-refractivity contribution in [2.24, 2.45) is 0 Å². The number of imidazole rings is 1. The molecule has 0 radical (unpaired) electrons. The Bertz CT molecular complexity index is 989. The van der Waals surface area contributed by atoms with Crippen molar-refractivity contribution in [1.29, 1.82) is 0 Å². The van der Waals surface area contributed by atoms with Gasteiger partial charge in [0.15, 0.2) is 5.69 Å². The summed E-state index contributed by atoms with van der Waals surface area (Å²) in [6.07, 6.45) is 1.55. The molecule has 9 nitrogen and oxygen atoms in total. The molecule has 0 fully saturated rings. The van der Waals surface area contributed by atoms with E-state index in [1.807, 2.05) is 28.8 Å². The van der Waals surface area contributed by atoms with Crippen LogP contribution in [0, 0.1) is 0 Å². The molecule has 2 heterocycles. The lowest BCUT2D eigenvalue weighted by molar-refractivity contribution is -0.137. The lowest BCUT2D eigenvalue weighted by Crippen LogP contribution is -2.27. The largest absolute Gasteiger partial charge is 0.481 e. The highest BCUT2D eigenvalue weighted by Gasteiger charge is 2.16. The van der Waals surface area contributed by atoms with Crippen LogP contribution in [0.25, 0.3) is 11.0 Å². The number of carbonyl (C=O) groups is 2. The molecule has 154 valence electrons. The Morgan fingerprint density at radius 1 is 1.14 bits per heavy atom.